The molecule has 3 aromatic rings. The molecule has 4 heterocycles. The summed E-state index contributed by atoms with van der Waals surface area (Å²) < 4.78 is 8.94. The summed E-state index contributed by atoms with van der Waals surface area (Å²) in [6.07, 6.45) is 2.57. The second-order valence-electron chi connectivity index (χ2n) is 5.93. The molecule has 3 aromatic heterocycles. The lowest BCUT2D eigenvalue weighted by Gasteiger charge is -2.16. The standard InChI is InChI=1S/C16H18N6O2/c1-4-13-17-15(24-19-13)14-10-8-22(9-12(10)21(3)18-14)16(23)11-6-5-7-20(11)2/h5-7H,4,8-9H2,1-3H3. The Labute approximate surface area is 138 Å². The number of hydrogen-bond acceptors (Lipinski definition) is 5. The SMILES string of the molecule is CCc1noc(-c2nn(C)c3c2CN(C(=O)c2cccn2C)C3)n1. The Kier molecular flexibility index (Phi) is 3.26. The molecular weight excluding hydrogens is 308 g/mol. The number of carbonyl (C=O) groups excluding carboxylic acids is 1. The summed E-state index contributed by atoms with van der Waals surface area (Å²) in [5, 5.41) is 8.43. The predicted molar refractivity (Wildman–Crippen MR) is 84.9 cm³/mol. The molecule has 8 heteroatoms. The van der Waals surface area contributed by atoms with Crippen LogP contribution >= 0.6 is 0 Å². The maximum Gasteiger partial charge on any atom is 0.278 e. The zero-order valence-electron chi connectivity index (χ0n) is 13.9. The van der Waals surface area contributed by atoms with Gasteiger partial charge in [-0.1, -0.05) is 12.1 Å². The van der Waals surface area contributed by atoms with Crippen LogP contribution in [0.3, 0.4) is 0 Å². The van der Waals surface area contributed by atoms with Gasteiger partial charge in [-0.05, 0) is 12.1 Å². The second-order valence-corrected chi connectivity index (χ2v) is 5.93. The summed E-state index contributed by atoms with van der Waals surface area (Å²) in [4.78, 5) is 18.9. The Morgan fingerprint density at radius 1 is 1.33 bits per heavy atom. The fourth-order valence-electron chi connectivity index (χ4n) is 3.05. The van der Waals surface area contributed by atoms with Crippen LogP contribution in [0, 0.1) is 0 Å². The van der Waals surface area contributed by atoms with E-state index in [9.17, 15) is 4.79 Å². The highest BCUT2D eigenvalue weighted by molar-refractivity contribution is 5.93. The topological polar surface area (TPSA) is 82.0 Å². The highest BCUT2D eigenvalue weighted by Crippen LogP contribution is 2.32. The van der Waals surface area contributed by atoms with E-state index in [2.05, 4.69) is 15.2 Å². The minimum absolute atomic E-state index is 0.00410. The van der Waals surface area contributed by atoms with Gasteiger partial charge in [0.05, 0.1) is 18.8 Å². The molecular formula is C16H18N6O2. The third kappa shape index (κ3) is 2.14. The van der Waals surface area contributed by atoms with Crippen molar-refractivity contribution in [2.45, 2.75) is 26.4 Å². The van der Waals surface area contributed by atoms with E-state index in [1.54, 1.807) is 4.68 Å². The van der Waals surface area contributed by atoms with Crippen molar-refractivity contribution >= 4 is 5.91 Å². The van der Waals surface area contributed by atoms with Gasteiger partial charge in [-0.2, -0.15) is 10.1 Å². The third-order valence-corrected chi connectivity index (χ3v) is 4.40. The van der Waals surface area contributed by atoms with Crippen LogP contribution in [0.4, 0.5) is 0 Å². The van der Waals surface area contributed by atoms with Crippen molar-refractivity contribution < 1.29 is 9.32 Å². The van der Waals surface area contributed by atoms with E-state index in [4.69, 9.17) is 4.52 Å². The van der Waals surface area contributed by atoms with Gasteiger partial charge in [0.2, 0.25) is 0 Å². The summed E-state index contributed by atoms with van der Waals surface area (Å²) in [5.74, 6) is 1.07. The van der Waals surface area contributed by atoms with Crippen molar-refractivity contribution in [1.82, 2.24) is 29.4 Å². The number of carbonyl (C=O) groups is 1. The molecule has 4 rings (SSSR count). The molecule has 0 fully saturated rings. The molecule has 0 bridgehead atoms. The first kappa shape index (κ1) is 14.7. The van der Waals surface area contributed by atoms with E-state index >= 15 is 0 Å². The molecule has 0 unspecified atom stereocenters. The third-order valence-electron chi connectivity index (χ3n) is 4.40. The minimum atomic E-state index is 0.00410. The van der Waals surface area contributed by atoms with E-state index in [1.165, 1.54) is 0 Å². The monoisotopic (exact) mass is 326 g/mol. The van der Waals surface area contributed by atoms with E-state index < -0.39 is 0 Å². The summed E-state index contributed by atoms with van der Waals surface area (Å²) in [6, 6.07) is 3.70. The first-order chi connectivity index (χ1) is 11.6. The quantitative estimate of drug-likeness (QED) is 0.729. The molecule has 0 aromatic carbocycles. The smallest absolute Gasteiger partial charge is 0.278 e. The molecule has 24 heavy (non-hydrogen) atoms. The molecule has 1 amide bonds. The number of rotatable bonds is 3. The van der Waals surface area contributed by atoms with Gasteiger partial charge in [-0.25, -0.2) is 0 Å². The maximum atomic E-state index is 12.7. The molecule has 0 saturated heterocycles. The van der Waals surface area contributed by atoms with Gasteiger partial charge in [-0.3, -0.25) is 9.48 Å². The Morgan fingerprint density at radius 2 is 2.17 bits per heavy atom. The molecule has 0 N–H and O–H groups in total. The molecule has 0 spiro atoms. The number of aromatic nitrogens is 5. The van der Waals surface area contributed by atoms with Crippen LogP contribution < -0.4 is 0 Å². The first-order valence-corrected chi connectivity index (χ1v) is 7.86. The molecule has 0 saturated carbocycles. The second kappa shape index (κ2) is 5.33. The number of aryl methyl sites for hydroxylation is 3. The van der Waals surface area contributed by atoms with Gasteiger partial charge in [0, 0.05) is 32.3 Å². The summed E-state index contributed by atoms with van der Waals surface area (Å²) in [6.45, 7) is 2.99. The minimum Gasteiger partial charge on any atom is -0.347 e. The molecule has 8 nitrogen and oxygen atoms in total. The van der Waals surface area contributed by atoms with Crippen LogP contribution in [0.25, 0.3) is 11.6 Å². The Hall–Kier alpha value is -2.90. The van der Waals surface area contributed by atoms with Crippen LogP contribution in [0.15, 0.2) is 22.9 Å². The van der Waals surface area contributed by atoms with Crippen molar-refractivity contribution in [1.29, 1.82) is 0 Å². The van der Waals surface area contributed by atoms with E-state index in [1.807, 2.05) is 48.8 Å². The number of fused-ring (bicyclic) bond motifs is 1. The molecule has 0 radical (unpaired) electrons. The van der Waals surface area contributed by atoms with Crippen molar-refractivity contribution in [3.05, 3.63) is 41.1 Å². The lowest BCUT2D eigenvalue weighted by molar-refractivity contribution is 0.0739. The Balaban J connectivity index is 1.66. The molecule has 0 aliphatic carbocycles. The molecule has 1 aliphatic rings. The highest BCUT2D eigenvalue weighted by Gasteiger charge is 2.33. The summed E-state index contributed by atoms with van der Waals surface area (Å²) >= 11 is 0. The van der Waals surface area contributed by atoms with Gasteiger partial charge in [0.1, 0.15) is 5.69 Å². The largest absolute Gasteiger partial charge is 0.347 e. The molecule has 124 valence electrons. The molecule has 1 aliphatic heterocycles. The normalized spacial score (nSPS) is 13.5. The molecule has 0 atom stereocenters. The van der Waals surface area contributed by atoms with Crippen LogP contribution in [-0.2, 0) is 33.6 Å². The zero-order chi connectivity index (χ0) is 16.8. The van der Waals surface area contributed by atoms with E-state index in [0.717, 1.165) is 11.3 Å². The number of amides is 1. The van der Waals surface area contributed by atoms with Crippen LogP contribution in [0.2, 0.25) is 0 Å². The number of nitrogens with zero attached hydrogens (tertiary/aromatic N) is 6. The maximum absolute atomic E-state index is 12.7. The number of hydrogen-bond donors (Lipinski definition) is 0. The van der Waals surface area contributed by atoms with Crippen LogP contribution in [-0.4, -0.2) is 35.3 Å². The summed E-state index contributed by atoms with van der Waals surface area (Å²) in [5.41, 5.74) is 3.32. The fourth-order valence-corrected chi connectivity index (χ4v) is 3.05. The summed E-state index contributed by atoms with van der Waals surface area (Å²) in [7, 11) is 3.74. The van der Waals surface area contributed by atoms with Gasteiger partial charge in [0.25, 0.3) is 11.8 Å². The van der Waals surface area contributed by atoms with Crippen LogP contribution in [0.1, 0.15) is 34.5 Å². The van der Waals surface area contributed by atoms with Crippen LogP contribution in [0.5, 0.6) is 0 Å². The van der Waals surface area contributed by atoms with Gasteiger partial charge in [0.15, 0.2) is 11.5 Å². The van der Waals surface area contributed by atoms with Gasteiger partial charge in [-0.15, -0.1) is 0 Å². The van der Waals surface area contributed by atoms with Crippen molar-refractivity contribution in [2.24, 2.45) is 14.1 Å². The van der Waals surface area contributed by atoms with Gasteiger partial charge < -0.3 is 14.0 Å². The highest BCUT2D eigenvalue weighted by atomic mass is 16.5. The predicted octanol–water partition coefficient (Wildman–Crippen LogP) is 1.53. The lowest BCUT2D eigenvalue weighted by Crippen LogP contribution is -2.27. The first-order valence-electron chi connectivity index (χ1n) is 7.86. The van der Waals surface area contributed by atoms with E-state index in [-0.39, 0.29) is 5.91 Å². The Bertz CT molecular complexity index is 919. The Morgan fingerprint density at radius 3 is 2.83 bits per heavy atom. The average molecular weight is 326 g/mol. The zero-order valence-corrected chi connectivity index (χ0v) is 13.9. The van der Waals surface area contributed by atoms with E-state index in [0.29, 0.717) is 42.6 Å². The van der Waals surface area contributed by atoms with Crippen molar-refractivity contribution in [3.63, 3.8) is 0 Å². The van der Waals surface area contributed by atoms with Gasteiger partial charge >= 0.3 is 0 Å². The average Bonchev–Trinajstić information content (AvgIpc) is 3.32. The van der Waals surface area contributed by atoms with Crippen molar-refractivity contribution in [3.8, 4) is 11.6 Å². The lowest BCUT2D eigenvalue weighted by atomic mass is 10.2. The van der Waals surface area contributed by atoms with Crippen molar-refractivity contribution in [2.75, 3.05) is 0 Å². The fraction of sp³-hybridized carbons (Fsp3) is 0.375.